The predicted octanol–water partition coefficient (Wildman–Crippen LogP) is 3.66. The van der Waals surface area contributed by atoms with Crippen LogP contribution in [0.15, 0.2) is 84.5 Å². The van der Waals surface area contributed by atoms with Crippen LogP contribution in [0, 0.1) is 0 Å². The van der Waals surface area contributed by atoms with Crippen LogP contribution in [0.1, 0.15) is 21.5 Å². The summed E-state index contributed by atoms with van der Waals surface area (Å²) in [6.07, 6.45) is 1.84. The minimum Gasteiger partial charge on any atom is -0.428 e. The van der Waals surface area contributed by atoms with Crippen molar-refractivity contribution in [2.45, 2.75) is 12.0 Å². The van der Waals surface area contributed by atoms with E-state index in [1.54, 1.807) is 41.8 Å². The van der Waals surface area contributed by atoms with Crippen LogP contribution in [0.5, 0.6) is 0 Å². The number of aromatic nitrogens is 1. The fourth-order valence-electron chi connectivity index (χ4n) is 3.78. The van der Waals surface area contributed by atoms with Crippen molar-refractivity contribution in [3.8, 4) is 10.4 Å². The summed E-state index contributed by atoms with van der Waals surface area (Å²) in [4.78, 5) is 42.3. The van der Waals surface area contributed by atoms with Gasteiger partial charge in [-0.3, -0.25) is 14.6 Å². The second-order valence-corrected chi connectivity index (χ2v) is 8.91. The summed E-state index contributed by atoms with van der Waals surface area (Å²) < 4.78 is 5.27. The molecule has 3 amide bonds. The van der Waals surface area contributed by atoms with Gasteiger partial charge in [-0.1, -0.05) is 30.3 Å². The van der Waals surface area contributed by atoms with Gasteiger partial charge in [-0.2, -0.15) is 0 Å². The monoisotopic (exact) mass is 501 g/mol. The van der Waals surface area contributed by atoms with Gasteiger partial charge < -0.3 is 27.3 Å². The number of pyridine rings is 1. The SMILES string of the molecule is NC(=O)OC(Cc1cccnc1)(C(N)=O)c1ccc(C(=O)Nc2cc(-c3cccs3)ccc2N)cc1. The first-order valence-corrected chi connectivity index (χ1v) is 11.7. The molecular formula is C26H23N5O4S. The molecule has 2 aromatic heterocycles. The molecule has 4 rings (SSSR count). The molecule has 36 heavy (non-hydrogen) atoms. The molecule has 2 aromatic carbocycles. The summed E-state index contributed by atoms with van der Waals surface area (Å²) in [6, 6.07) is 18.7. The predicted molar refractivity (Wildman–Crippen MR) is 138 cm³/mol. The normalized spacial score (nSPS) is 12.3. The van der Waals surface area contributed by atoms with Crippen LogP contribution >= 0.6 is 11.3 Å². The first-order valence-electron chi connectivity index (χ1n) is 10.8. The van der Waals surface area contributed by atoms with Crippen molar-refractivity contribution in [1.82, 2.24) is 4.98 Å². The number of hydrogen-bond donors (Lipinski definition) is 4. The number of hydrogen-bond acceptors (Lipinski definition) is 7. The van der Waals surface area contributed by atoms with Crippen molar-refractivity contribution in [2.75, 3.05) is 11.1 Å². The highest BCUT2D eigenvalue weighted by molar-refractivity contribution is 7.13. The second kappa shape index (κ2) is 10.3. The van der Waals surface area contributed by atoms with Crippen LogP contribution in [0.4, 0.5) is 16.2 Å². The molecule has 4 aromatic rings. The smallest absolute Gasteiger partial charge is 0.405 e. The lowest BCUT2D eigenvalue weighted by molar-refractivity contribution is -0.137. The zero-order chi connectivity index (χ0) is 25.7. The largest absolute Gasteiger partial charge is 0.428 e. The van der Waals surface area contributed by atoms with Crippen molar-refractivity contribution >= 4 is 40.6 Å². The number of nitrogens with zero attached hydrogens (tertiary/aromatic N) is 1. The van der Waals surface area contributed by atoms with Crippen LogP contribution in [-0.2, 0) is 21.6 Å². The highest BCUT2D eigenvalue weighted by atomic mass is 32.1. The minimum atomic E-state index is -1.89. The molecule has 0 aliphatic heterocycles. The van der Waals surface area contributed by atoms with E-state index < -0.39 is 23.5 Å². The highest BCUT2D eigenvalue weighted by Crippen LogP contribution is 2.32. The Morgan fingerprint density at radius 3 is 2.39 bits per heavy atom. The number of anilines is 2. The summed E-state index contributed by atoms with van der Waals surface area (Å²) in [5.74, 6) is -1.33. The lowest BCUT2D eigenvalue weighted by Gasteiger charge is -2.30. The van der Waals surface area contributed by atoms with Crippen molar-refractivity contribution in [3.05, 3.63) is 101 Å². The fraction of sp³-hybridized carbons (Fsp3) is 0.0769. The van der Waals surface area contributed by atoms with Gasteiger partial charge in [0.15, 0.2) is 0 Å². The lowest BCUT2D eigenvalue weighted by atomic mass is 9.86. The number of benzene rings is 2. The van der Waals surface area contributed by atoms with E-state index in [2.05, 4.69) is 10.3 Å². The Bertz CT molecular complexity index is 1390. The number of primary amides is 2. The van der Waals surface area contributed by atoms with Gasteiger partial charge in [-0.05, 0) is 52.9 Å². The van der Waals surface area contributed by atoms with Crippen molar-refractivity contribution in [1.29, 1.82) is 0 Å². The Hall–Kier alpha value is -4.70. The number of ether oxygens (including phenoxy) is 1. The Balaban J connectivity index is 1.61. The average Bonchev–Trinajstić information content (AvgIpc) is 3.40. The van der Waals surface area contributed by atoms with E-state index in [0.717, 1.165) is 10.4 Å². The van der Waals surface area contributed by atoms with Crippen LogP contribution in [-0.4, -0.2) is 22.9 Å². The number of nitrogens with two attached hydrogens (primary N) is 3. The van der Waals surface area contributed by atoms with Crippen molar-refractivity contribution in [3.63, 3.8) is 0 Å². The second-order valence-electron chi connectivity index (χ2n) is 7.96. The van der Waals surface area contributed by atoms with Crippen LogP contribution < -0.4 is 22.5 Å². The highest BCUT2D eigenvalue weighted by Gasteiger charge is 2.43. The third-order valence-corrected chi connectivity index (χ3v) is 6.49. The summed E-state index contributed by atoms with van der Waals surface area (Å²) >= 11 is 1.58. The molecule has 1 atom stereocenters. The van der Waals surface area contributed by atoms with E-state index in [1.165, 1.54) is 30.5 Å². The minimum absolute atomic E-state index is 0.0866. The molecule has 0 fully saturated rings. The molecule has 9 nitrogen and oxygen atoms in total. The van der Waals surface area contributed by atoms with Gasteiger partial charge in [0, 0.05) is 34.8 Å². The molecule has 2 heterocycles. The summed E-state index contributed by atoms with van der Waals surface area (Å²) in [5.41, 5.74) is 18.1. The number of amides is 3. The molecule has 0 saturated heterocycles. The van der Waals surface area contributed by atoms with Gasteiger partial charge in [-0.25, -0.2) is 4.79 Å². The molecular weight excluding hydrogens is 478 g/mol. The van der Waals surface area contributed by atoms with Gasteiger partial charge in [0.1, 0.15) is 0 Å². The zero-order valence-corrected chi connectivity index (χ0v) is 19.8. The number of carbonyl (C=O) groups is 3. The number of nitrogens with one attached hydrogen (secondary N) is 1. The Morgan fingerprint density at radius 1 is 1.00 bits per heavy atom. The third-order valence-electron chi connectivity index (χ3n) is 5.57. The maximum absolute atomic E-state index is 13.0. The molecule has 0 aliphatic carbocycles. The van der Waals surface area contributed by atoms with E-state index in [1.807, 2.05) is 23.6 Å². The van der Waals surface area contributed by atoms with E-state index in [0.29, 0.717) is 22.5 Å². The van der Waals surface area contributed by atoms with E-state index >= 15 is 0 Å². The molecule has 7 N–H and O–H groups in total. The van der Waals surface area contributed by atoms with Gasteiger partial charge in [0.25, 0.3) is 11.8 Å². The fourth-order valence-corrected chi connectivity index (χ4v) is 4.51. The Kier molecular flexibility index (Phi) is 6.98. The van der Waals surface area contributed by atoms with Crippen LogP contribution in [0.3, 0.4) is 0 Å². The number of rotatable bonds is 8. The Morgan fingerprint density at radius 2 is 1.78 bits per heavy atom. The maximum atomic E-state index is 13.0. The summed E-state index contributed by atoms with van der Waals surface area (Å²) in [6.45, 7) is 0. The molecule has 10 heteroatoms. The van der Waals surface area contributed by atoms with E-state index in [4.69, 9.17) is 21.9 Å². The first kappa shape index (κ1) is 24.4. The number of nitrogen functional groups attached to an aromatic ring is 1. The molecule has 1 unspecified atom stereocenters. The van der Waals surface area contributed by atoms with Crippen LogP contribution in [0.2, 0.25) is 0 Å². The van der Waals surface area contributed by atoms with E-state index in [-0.39, 0.29) is 12.0 Å². The first-order chi connectivity index (χ1) is 17.3. The quantitative estimate of drug-likeness (QED) is 0.269. The topological polar surface area (TPSA) is 163 Å². The van der Waals surface area contributed by atoms with Gasteiger partial charge >= 0.3 is 6.09 Å². The molecule has 182 valence electrons. The van der Waals surface area contributed by atoms with Crippen molar-refractivity contribution in [2.24, 2.45) is 11.5 Å². The molecule has 0 spiro atoms. The standard InChI is InChI=1S/C26H23N5O4S/c27-20-10-7-18(22-4-2-12-36-22)13-21(20)31-23(32)17-5-8-19(9-6-17)26(24(28)33,35-25(29)34)14-16-3-1-11-30-15-16/h1-13,15H,14,27H2,(H2,28,33)(H2,29,34)(H,31,32). The average molecular weight is 502 g/mol. The molecule has 0 aliphatic rings. The maximum Gasteiger partial charge on any atom is 0.405 e. The molecule has 0 radical (unpaired) electrons. The zero-order valence-electron chi connectivity index (χ0n) is 19.0. The molecule has 0 bridgehead atoms. The lowest BCUT2D eigenvalue weighted by Crippen LogP contribution is -2.48. The van der Waals surface area contributed by atoms with Crippen LogP contribution in [0.25, 0.3) is 10.4 Å². The Labute approximate surface area is 210 Å². The number of thiophene rings is 1. The van der Waals surface area contributed by atoms with Gasteiger partial charge in [0.2, 0.25) is 5.60 Å². The van der Waals surface area contributed by atoms with Crippen molar-refractivity contribution < 1.29 is 19.1 Å². The summed E-state index contributed by atoms with van der Waals surface area (Å²) in [7, 11) is 0. The summed E-state index contributed by atoms with van der Waals surface area (Å²) in [5, 5.41) is 4.78. The van der Waals surface area contributed by atoms with E-state index in [9.17, 15) is 14.4 Å². The molecule has 0 saturated carbocycles. The number of carbonyl (C=O) groups excluding carboxylic acids is 3. The third kappa shape index (κ3) is 5.18. The van der Waals surface area contributed by atoms with Gasteiger partial charge in [-0.15, -0.1) is 11.3 Å². The van der Waals surface area contributed by atoms with Gasteiger partial charge in [0.05, 0.1) is 11.4 Å².